The second-order valence-corrected chi connectivity index (χ2v) is 6.34. The molecule has 1 aromatic rings. The van der Waals surface area contributed by atoms with Gasteiger partial charge in [0.1, 0.15) is 0 Å². The van der Waals surface area contributed by atoms with Gasteiger partial charge in [-0.15, -0.1) is 0 Å². The first kappa shape index (κ1) is 18.4. The summed E-state index contributed by atoms with van der Waals surface area (Å²) in [5.41, 5.74) is 0. The van der Waals surface area contributed by atoms with Gasteiger partial charge in [0.05, 0.1) is 0 Å². The second-order valence-electron chi connectivity index (χ2n) is 6.34. The van der Waals surface area contributed by atoms with Crippen molar-refractivity contribution in [3.05, 3.63) is 12.3 Å². The van der Waals surface area contributed by atoms with E-state index >= 15 is 0 Å². The second kappa shape index (κ2) is 8.79. The van der Waals surface area contributed by atoms with Gasteiger partial charge in [-0.05, 0) is 39.3 Å². The third kappa shape index (κ3) is 5.61. The van der Waals surface area contributed by atoms with Gasteiger partial charge in [-0.25, -0.2) is 0 Å². The van der Waals surface area contributed by atoms with Crippen LogP contribution < -0.4 is 10.6 Å². The lowest BCUT2D eigenvalue weighted by Gasteiger charge is -2.24. The van der Waals surface area contributed by atoms with Gasteiger partial charge in [0.15, 0.2) is 5.82 Å². The topological polar surface area (TPSA) is 88.5 Å². The molecule has 0 radical (unpaired) electrons. The van der Waals surface area contributed by atoms with Crippen LogP contribution in [0.2, 0.25) is 0 Å². The molecule has 1 saturated carbocycles. The van der Waals surface area contributed by atoms with Crippen LogP contribution in [0, 0.1) is 5.92 Å². The summed E-state index contributed by atoms with van der Waals surface area (Å²) in [5, 5.41) is 9.44. The van der Waals surface area contributed by atoms with E-state index < -0.39 is 11.8 Å². The fraction of sp³-hybridized carbons (Fsp3) is 0.688. The molecule has 1 unspecified atom stereocenters. The molecular weight excluding hydrogens is 310 g/mol. The van der Waals surface area contributed by atoms with E-state index in [1.165, 1.54) is 12.8 Å². The van der Waals surface area contributed by atoms with Crippen LogP contribution in [-0.2, 0) is 20.9 Å². The molecule has 2 rings (SSSR count). The minimum Gasteiger partial charge on any atom is -0.385 e. The Hall–Kier alpha value is -1.93. The Labute approximate surface area is 142 Å². The van der Waals surface area contributed by atoms with Gasteiger partial charge in [-0.2, -0.15) is 5.10 Å². The Morgan fingerprint density at radius 2 is 2.17 bits per heavy atom. The molecule has 8 heteroatoms. The zero-order valence-corrected chi connectivity index (χ0v) is 14.6. The van der Waals surface area contributed by atoms with E-state index in [1.54, 1.807) is 24.1 Å². The average Bonchev–Trinajstić information content (AvgIpc) is 3.27. The third-order valence-corrected chi connectivity index (χ3v) is 4.13. The number of nitrogens with zero attached hydrogens (tertiary/aromatic N) is 3. The lowest BCUT2D eigenvalue weighted by molar-refractivity contribution is -0.136. The van der Waals surface area contributed by atoms with Crippen LogP contribution in [0.25, 0.3) is 0 Å². The third-order valence-electron chi connectivity index (χ3n) is 4.13. The predicted octanol–water partition coefficient (Wildman–Crippen LogP) is 0.315. The molecule has 1 atom stereocenters. The van der Waals surface area contributed by atoms with Crippen LogP contribution in [0.5, 0.6) is 0 Å². The van der Waals surface area contributed by atoms with Crippen molar-refractivity contribution in [3.63, 3.8) is 0 Å². The summed E-state index contributed by atoms with van der Waals surface area (Å²) in [6, 6.07) is 1.95. The highest BCUT2D eigenvalue weighted by atomic mass is 16.5. The Morgan fingerprint density at radius 1 is 1.42 bits per heavy atom. The molecular formula is C16H27N5O3. The predicted molar refractivity (Wildman–Crippen MR) is 90.6 cm³/mol. The van der Waals surface area contributed by atoms with Gasteiger partial charge < -0.3 is 20.3 Å². The van der Waals surface area contributed by atoms with Crippen molar-refractivity contribution in [2.24, 2.45) is 5.92 Å². The van der Waals surface area contributed by atoms with Gasteiger partial charge in [0.2, 0.25) is 0 Å². The van der Waals surface area contributed by atoms with Crippen molar-refractivity contribution in [3.8, 4) is 0 Å². The maximum absolute atomic E-state index is 11.9. The quantitative estimate of drug-likeness (QED) is 0.500. The number of rotatable bonds is 9. The molecule has 0 aliphatic heterocycles. The summed E-state index contributed by atoms with van der Waals surface area (Å²) in [7, 11) is 5.63. The van der Waals surface area contributed by atoms with E-state index in [4.69, 9.17) is 4.74 Å². The number of aromatic nitrogens is 2. The summed E-state index contributed by atoms with van der Waals surface area (Å²) in [6.07, 6.45) is 4.97. The highest BCUT2D eigenvalue weighted by Crippen LogP contribution is 2.34. The summed E-state index contributed by atoms with van der Waals surface area (Å²) in [6.45, 7) is 1.83. The van der Waals surface area contributed by atoms with Gasteiger partial charge in [0, 0.05) is 45.1 Å². The molecule has 1 aliphatic carbocycles. The number of anilines is 1. The molecule has 2 amide bonds. The van der Waals surface area contributed by atoms with Gasteiger partial charge in [-0.3, -0.25) is 14.3 Å². The molecule has 2 N–H and O–H groups in total. The van der Waals surface area contributed by atoms with E-state index in [9.17, 15) is 9.59 Å². The van der Waals surface area contributed by atoms with Crippen molar-refractivity contribution in [2.45, 2.75) is 31.8 Å². The SMILES string of the molecule is COCCCn1ccc(NC(=O)C(=O)NCC(C2CC2)N(C)C)n1. The summed E-state index contributed by atoms with van der Waals surface area (Å²) < 4.78 is 6.69. The Balaban J connectivity index is 1.75. The van der Waals surface area contributed by atoms with E-state index in [-0.39, 0.29) is 6.04 Å². The van der Waals surface area contributed by atoms with Crippen LogP contribution in [-0.4, -0.2) is 66.9 Å². The summed E-state index contributed by atoms with van der Waals surface area (Å²) in [4.78, 5) is 26.0. The Morgan fingerprint density at radius 3 is 2.79 bits per heavy atom. The van der Waals surface area contributed by atoms with Crippen molar-refractivity contribution < 1.29 is 14.3 Å². The van der Waals surface area contributed by atoms with E-state index in [0.29, 0.717) is 31.4 Å². The number of hydrogen-bond donors (Lipinski definition) is 2. The normalized spacial score (nSPS) is 15.3. The first-order chi connectivity index (χ1) is 11.5. The molecule has 1 aliphatic rings. The van der Waals surface area contributed by atoms with Crippen LogP contribution in [0.15, 0.2) is 12.3 Å². The van der Waals surface area contributed by atoms with E-state index in [1.807, 2.05) is 14.1 Å². The Kier molecular flexibility index (Phi) is 6.74. The summed E-state index contributed by atoms with van der Waals surface area (Å²) >= 11 is 0. The van der Waals surface area contributed by atoms with Gasteiger partial charge in [0.25, 0.3) is 0 Å². The lowest BCUT2D eigenvalue weighted by Crippen LogP contribution is -2.45. The molecule has 1 aromatic heterocycles. The molecule has 24 heavy (non-hydrogen) atoms. The molecule has 0 aromatic carbocycles. The number of aryl methyl sites for hydroxylation is 1. The van der Waals surface area contributed by atoms with Crippen LogP contribution in [0.1, 0.15) is 19.3 Å². The minimum absolute atomic E-state index is 0.279. The van der Waals surface area contributed by atoms with Crippen molar-refractivity contribution in [2.75, 3.05) is 39.7 Å². The fourth-order valence-electron chi connectivity index (χ4n) is 2.63. The standard InChI is InChI=1S/C16H27N5O3/c1-20(2)13(12-5-6-12)11-17-15(22)16(23)18-14-7-9-21(19-14)8-4-10-24-3/h7,9,12-13H,4-6,8,10-11H2,1-3H3,(H,17,22)(H,18,19,23). The number of methoxy groups -OCH3 is 1. The molecule has 0 spiro atoms. The number of carbonyl (C=O) groups is 2. The maximum atomic E-state index is 11.9. The first-order valence-electron chi connectivity index (χ1n) is 8.29. The number of hydrogen-bond acceptors (Lipinski definition) is 5. The smallest absolute Gasteiger partial charge is 0.314 e. The molecule has 1 heterocycles. The maximum Gasteiger partial charge on any atom is 0.314 e. The van der Waals surface area contributed by atoms with Crippen molar-refractivity contribution in [1.82, 2.24) is 20.0 Å². The zero-order valence-electron chi connectivity index (χ0n) is 14.6. The first-order valence-corrected chi connectivity index (χ1v) is 8.29. The average molecular weight is 337 g/mol. The van der Waals surface area contributed by atoms with Crippen LogP contribution >= 0.6 is 0 Å². The Bertz CT molecular complexity index is 552. The number of ether oxygens (including phenoxy) is 1. The monoisotopic (exact) mass is 337 g/mol. The highest BCUT2D eigenvalue weighted by molar-refractivity contribution is 6.39. The molecule has 0 bridgehead atoms. The van der Waals surface area contributed by atoms with Gasteiger partial charge >= 0.3 is 11.8 Å². The fourth-order valence-corrected chi connectivity index (χ4v) is 2.63. The summed E-state index contributed by atoms with van der Waals surface area (Å²) in [5.74, 6) is -0.327. The molecule has 134 valence electrons. The van der Waals surface area contributed by atoms with E-state index in [0.717, 1.165) is 6.42 Å². The van der Waals surface area contributed by atoms with Crippen molar-refractivity contribution in [1.29, 1.82) is 0 Å². The van der Waals surface area contributed by atoms with Crippen LogP contribution in [0.4, 0.5) is 5.82 Å². The number of likely N-dealkylation sites (N-methyl/N-ethyl adjacent to an activating group) is 1. The number of amides is 2. The van der Waals surface area contributed by atoms with Crippen LogP contribution in [0.3, 0.4) is 0 Å². The van der Waals surface area contributed by atoms with E-state index in [2.05, 4.69) is 20.6 Å². The molecule has 1 fully saturated rings. The highest BCUT2D eigenvalue weighted by Gasteiger charge is 2.33. The lowest BCUT2D eigenvalue weighted by atomic mass is 10.1. The van der Waals surface area contributed by atoms with Crippen molar-refractivity contribution >= 4 is 17.6 Å². The largest absolute Gasteiger partial charge is 0.385 e. The molecule has 0 saturated heterocycles. The zero-order chi connectivity index (χ0) is 17.5. The number of carbonyl (C=O) groups excluding carboxylic acids is 2. The minimum atomic E-state index is -0.689. The molecule has 8 nitrogen and oxygen atoms in total. The number of nitrogens with one attached hydrogen (secondary N) is 2. The van der Waals surface area contributed by atoms with Gasteiger partial charge in [-0.1, -0.05) is 0 Å².